The minimum absolute atomic E-state index is 0.0182. The molecule has 0 bridgehead atoms. The fourth-order valence-electron chi connectivity index (χ4n) is 5.46. The zero-order valence-corrected chi connectivity index (χ0v) is 24.2. The summed E-state index contributed by atoms with van der Waals surface area (Å²) in [6, 6.07) is 28.4. The number of alkyl halides is 6. The van der Waals surface area contributed by atoms with Crippen LogP contribution in [0.3, 0.4) is 0 Å². The molecule has 0 aliphatic carbocycles. The number of fused-ring (bicyclic) bond motifs is 7. The van der Waals surface area contributed by atoms with Crippen LogP contribution in [0.5, 0.6) is 11.5 Å². The van der Waals surface area contributed by atoms with Crippen LogP contribution in [0.4, 0.5) is 26.3 Å². The normalized spacial score (nSPS) is 12.4. The molecule has 0 saturated heterocycles. The minimum Gasteiger partial charge on any atom is -0.457 e. The van der Waals surface area contributed by atoms with E-state index in [-0.39, 0.29) is 6.79 Å². The van der Waals surface area contributed by atoms with Crippen LogP contribution >= 0.6 is 0 Å². The number of rotatable bonds is 0. The Bertz CT molecular complexity index is 2130. The van der Waals surface area contributed by atoms with Crippen LogP contribution in [0.2, 0.25) is 0 Å². The van der Waals surface area contributed by atoms with Gasteiger partial charge in [-0.2, -0.15) is 26.3 Å². The summed E-state index contributed by atoms with van der Waals surface area (Å²) >= 11 is 0. The Hall–Kier alpha value is -5.86. The third-order valence-corrected chi connectivity index (χ3v) is 7.77. The summed E-state index contributed by atoms with van der Waals surface area (Å²) in [5, 5.41) is 3.56. The van der Waals surface area contributed by atoms with Gasteiger partial charge >= 0.3 is 12.4 Å². The third-order valence-electron chi connectivity index (χ3n) is 7.77. The number of hydrogen-bond donors (Lipinski definition) is 0. The second-order valence-corrected chi connectivity index (χ2v) is 10.8. The van der Waals surface area contributed by atoms with Gasteiger partial charge in [-0.3, -0.25) is 0 Å². The zero-order chi connectivity index (χ0) is 32.8. The van der Waals surface area contributed by atoms with Crippen molar-refractivity contribution < 1.29 is 35.8 Å². The second-order valence-electron chi connectivity index (χ2n) is 10.8. The van der Waals surface area contributed by atoms with Crippen LogP contribution in [0.25, 0.3) is 32.7 Å². The van der Waals surface area contributed by atoms with E-state index in [0.717, 1.165) is 56.9 Å². The molecule has 2 nitrogen and oxygen atoms in total. The van der Waals surface area contributed by atoms with Gasteiger partial charge in [0.25, 0.3) is 0 Å². The molecular formula is C39H20F6O2. The van der Waals surface area contributed by atoms with Gasteiger partial charge in [0.2, 0.25) is 6.79 Å². The van der Waals surface area contributed by atoms with E-state index in [0.29, 0.717) is 33.8 Å². The maximum absolute atomic E-state index is 12.9. The van der Waals surface area contributed by atoms with Gasteiger partial charge in [0.1, 0.15) is 11.5 Å². The largest absolute Gasteiger partial charge is 0.457 e. The Morgan fingerprint density at radius 1 is 0.426 bits per heavy atom. The van der Waals surface area contributed by atoms with Crippen molar-refractivity contribution in [3.8, 4) is 46.3 Å². The first kappa shape index (κ1) is 29.8. The molecule has 0 fully saturated rings. The number of hydrogen-bond acceptors (Lipinski definition) is 2. The Morgan fingerprint density at radius 3 is 1.17 bits per heavy atom. The highest BCUT2D eigenvalue weighted by molar-refractivity contribution is 6.10. The molecule has 47 heavy (non-hydrogen) atoms. The van der Waals surface area contributed by atoms with Crippen molar-refractivity contribution in [3.05, 3.63) is 143 Å². The van der Waals surface area contributed by atoms with Crippen LogP contribution in [0.15, 0.2) is 109 Å². The summed E-state index contributed by atoms with van der Waals surface area (Å²) in [4.78, 5) is 0. The summed E-state index contributed by atoms with van der Waals surface area (Å²) < 4.78 is 89.4. The van der Waals surface area contributed by atoms with E-state index in [1.54, 1.807) is 0 Å². The molecule has 6 aromatic rings. The van der Waals surface area contributed by atoms with Crippen molar-refractivity contribution >= 4 is 21.5 Å². The number of halogens is 6. The van der Waals surface area contributed by atoms with E-state index in [4.69, 9.17) is 9.47 Å². The highest BCUT2D eigenvalue weighted by Crippen LogP contribution is 2.47. The van der Waals surface area contributed by atoms with Crippen LogP contribution in [0, 0.1) is 23.7 Å². The van der Waals surface area contributed by atoms with E-state index in [9.17, 15) is 26.3 Å². The predicted octanol–water partition coefficient (Wildman–Crippen LogP) is 10.2. The van der Waals surface area contributed by atoms with E-state index in [1.807, 2.05) is 60.7 Å². The lowest BCUT2D eigenvalue weighted by Gasteiger charge is -2.14. The monoisotopic (exact) mass is 634 g/mol. The van der Waals surface area contributed by atoms with Gasteiger partial charge in [0, 0.05) is 33.4 Å². The molecule has 0 unspecified atom stereocenters. The van der Waals surface area contributed by atoms with Crippen molar-refractivity contribution in [2.45, 2.75) is 12.4 Å². The summed E-state index contributed by atoms with van der Waals surface area (Å²) in [6.07, 6.45) is -8.81. The summed E-state index contributed by atoms with van der Waals surface area (Å²) in [7, 11) is 0. The summed E-state index contributed by atoms with van der Waals surface area (Å²) in [5.41, 5.74) is 2.54. The molecule has 8 heteroatoms. The molecule has 1 aliphatic heterocycles. The topological polar surface area (TPSA) is 18.5 Å². The molecule has 0 N–H and O–H groups in total. The fraction of sp³-hybridized carbons (Fsp3) is 0.0769. The first-order valence-electron chi connectivity index (χ1n) is 14.3. The van der Waals surface area contributed by atoms with E-state index >= 15 is 0 Å². The maximum Gasteiger partial charge on any atom is 0.416 e. The highest BCUT2D eigenvalue weighted by Gasteiger charge is 2.30. The lowest BCUT2D eigenvalue weighted by atomic mass is 9.91. The highest BCUT2D eigenvalue weighted by atomic mass is 19.4. The van der Waals surface area contributed by atoms with Gasteiger partial charge in [-0.05, 0) is 106 Å². The predicted molar refractivity (Wildman–Crippen MR) is 168 cm³/mol. The van der Waals surface area contributed by atoms with Crippen LogP contribution in [-0.2, 0) is 12.4 Å². The summed E-state index contributed by atoms with van der Waals surface area (Å²) in [5.74, 6) is 13.2. The molecule has 0 saturated carbocycles. The van der Waals surface area contributed by atoms with Crippen molar-refractivity contribution in [3.63, 3.8) is 0 Å². The Kier molecular flexibility index (Phi) is 7.30. The number of benzene rings is 6. The molecule has 0 radical (unpaired) electrons. The lowest BCUT2D eigenvalue weighted by molar-refractivity contribution is -0.138. The quantitative estimate of drug-likeness (QED) is 0.122. The van der Waals surface area contributed by atoms with Gasteiger partial charge in [0.05, 0.1) is 11.1 Å². The second kappa shape index (κ2) is 11.5. The van der Waals surface area contributed by atoms with Crippen molar-refractivity contribution in [2.75, 3.05) is 6.79 Å². The van der Waals surface area contributed by atoms with Gasteiger partial charge in [-0.25, -0.2) is 0 Å². The molecule has 7 rings (SSSR count). The molecule has 6 aromatic carbocycles. The van der Waals surface area contributed by atoms with Crippen LogP contribution in [-0.4, -0.2) is 6.79 Å². The van der Waals surface area contributed by atoms with Gasteiger partial charge < -0.3 is 9.47 Å². The first-order valence-corrected chi connectivity index (χ1v) is 14.3. The standard InChI is InChI=1S/C39H20F6O2/c40-38(41,42)30-13-5-24(6-14-30)1-3-26-9-17-32-28(21-26)11-19-34-36(32)37-33-18-10-27(22-29(33)12-20-35(37)47-23-46-34)4-2-25-7-15-31(16-8-25)39(43,44)45/h5-22H,23H2. The zero-order valence-electron chi connectivity index (χ0n) is 24.2. The molecule has 0 amide bonds. The molecule has 230 valence electrons. The smallest absolute Gasteiger partial charge is 0.416 e. The minimum atomic E-state index is -4.41. The van der Waals surface area contributed by atoms with Gasteiger partial charge in [-0.1, -0.05) is 47.9 Å². The third kappa shape index (κ3) is 6.06. The van der Waals surface area contributed by atoms with Crippen molar-refractivity contribution in [2.24, 2.45) is 0 Å². The Balaban J connectivity index is 1.25. The van der Waals surface area contributed by atoms with Crippen LogP contribution in [0.1, 0.15) is 33.4 Å². The van der Waals surface area contributed by atoms with Crippen molar-refractivity contribution in [1.29, 1.82) is 0 Å². The van der Waals surface area contributed by atoms with E-state index < -0.39 is 23.5 Å². The molecule has 0 atom stereocenters. The summed E-state index contributed by atoms with van der Waals surface area (Å²) in [6.45, 7) is 0.0182. The van der Waals surface area contributed by atoms with Gasteiger partial charge in [0.15, 0.2) is 0 Å². The fourth-order valence-corrected chi connectivity index (χ4v) is 5.46. The molecular weight excluding hydrogens is 614 g/mol. The van der Waals surface area contributed by atoms with Crippen LogP contribution < -0.4 is 9.47 Å². The Morgan fingerprint density at radius 2 is 0.787 bits per heavy atom. The van der Waals surface area contributed by atoms with Gasteiger partial charge in [-0.15, -0.1) is 0 Å². The lowest BCUT2D eigenvalue weighted by Crippen LogP contribution is -2.04. The molecule has 0 aromatic heterocycles. The molecule has 1 heterocycles. The first-order chi connectivity index (χ1) is 22.5. The average Bonchev–Trinajstić information content (AvgIpc) is 3.25. The molecule has 0 spiro atoms. The van der Waals surface area contributed by atoms with E-state index in [2.05, 4.69) is 23.7 Å². The Labute approximate surface area is 265 Å². The number of ether oxygens (including phenoxy) is 2. The molecule has 1 aliphatic rings. The average molecular weight is 635 g/mol. The van der Waals surface area contributed by atoms with E-state index in [1.165, 1.54) is 24.3 Å². The SMILES string of the molecule is FC(F)(F)c1ccc(C#Cc2ccc3c4c(ccc3c2)OCOc2ccc3cc(C#Cc5ccc(C(F)(F)F)cc5)ccc3c2-4)cc1. The maximum atomic E-state index is 12.9. The van der Waals surface area contributed by atoms with Crippen molar-refractivity contribution in [1.82, 2.24) is 0 Å².